The third-order valence-corrected chi connectivity index (χ3v) is 4.50. The molecule has 0 bridgehead atoms. The average molecular weight is 302 g/mol. The van der Waals surface area contributed by atoms with Crippen LogP contribution in [0.3, 0.4) is 0 Å². The summed E-state index contributed by atoms with van der Waals surface area (Å²) < 4.78 is 0. The molecule has 2 aliphatic rings. The molecule has 3 amide bonds. The predicted octanol–water partition coefficient (Wildman–Crippen LogP) is 1.20. The summed E-state index contributed by atoms with van der Waals surface area (Å²) >= 11 is 0. The quantitative estimate of drug-likeness (QED) is 0.877. The van der Waals surface area contributed by atoms with Crippen molar-refractivity contribution in [3.8, 4) is 0 Å². The number of aryl methyl sites for hydroxylation is 1. The number of carbonyl (C=O) groups is 2. The number of nitrogens with one attached hydrogen (secondary N) is 2. The van der Waals surface area contributed by atoms with Crippen LogP contribution in [-0.4, -0.2) is 40.5 Å². The van der Waals surface area contributed by atoms with Gasteiger partial charge in [-0.15, -0.1) is 0 Å². The summed E-state index contributed by atoms with van der Waals surface area (Å²) in [5.41, 5.74) is 1.90. The van der Waals surface area contributed by atoms with Crippen LogP contribution in [0.4, 0.5) is 4.79 Å². The fraction of sp³-hybridized carbons (Fsp3) is 0.562. The van der Waals surface area contributed by atoms with E-state index in [1.54, 1.807) is 6.20 Å². The summed E-state index contributed by atoms with van der Waals surface area (Å²) in [5.74, 6) is 0.754. The van der Waals surface area contributed by atoms with Crippen LogP contribution in [0.2, 0.25) is 0 Å². The summed E-state index contributed by atoms with van der Waals surface area (Å²) in [4.78, 5) is 30.1. The topological polar surface area (TPSA) is 74.3 Å². The lowest BCUT2D eigenvalue weighted by Gasteiger charge is -2.17. The van der Waals surface area contributed by atoms with Crippen LogP contribution in [0.25, 0.3) is 0 Å². The molecule has 1 aromatic heterocycles. The highest BCUT2D eigenvalue weighted by atomic mass is 16.2. The second-order valence-electron chi connectivity index (χ2n) is 6.32. The number of pyridine rings is 1. The number of urea groups is 1. The molecule has 118 valence electrons. The monoisotopic (exact) mass is 302 g/mol. The Morgan fingerprint density at radius 3 is 2.95 bits per heavy atom. The van der Waals surface area contributed by atoms with Crippen molar-refractivity contribution in [2.24, 2.45) is 5.92 Å². The number of hydrogen-bond acceptors (Lipinski definition) is 3. The largest absolute Gasteiger partial charge is 0.337 e. The highest BCUT2D eigenvalue weighted by Crippen LogP contribution is 2.37. The maximum atomic E-state index is 12.0. The van der Waals surface area contributed by atoms with Crippen molar-refractivity contribution in [1.82, 2.24) is 20.5 Å². The first-order valence-corrected chi connectivity index (χ1v) is 7.79. The average Bonchev–Trinajstić information content (AvgIpc) is 3.09. The summed E-state index contributed by atoms with van der Waals surface area (Å²) in [6, 6.07) is 3.89. The lowest BCUT2D eigenvalue weighted by molar-refractivity contribution is -0.128. The highest BCUT2D eigenvalue weighted by Gasteiger charge is 2.44. The fourth-order valence-corrected chi connectivity index (χ4v) is 2.99. The maximum absolute atomic E-state index is 12.0. The molecular formula is C16H22N4O2. The van der Waals surface area contributed by atoms with Gasteiger partial charge in [0.15, 0.2) is 0 Å². The molecule has 22 heavy (non-hydrogen) atoms. The van der Waals surface area contributed by atoms with Crippen LogP contribution < -0.4 is 10.6 Å². The third-order valence-electron chi connectivity index (χ3n) is 4.50. The second kappa shape index (κ2) is 5.94. The molecule has 2 heterocycles. The molecule has 0 radical (unpaired) electrons. The lowest BCUT2D eigenvalue weighted by Crippen LogP contribution is -2.43. The van der Waals surface area contributed by atoms with Crippen molar-refractivity contribution in [3.63, 3.8) is 0 Å². The molecule has 1 aromatic rings. The Labute approximate surface area is 130 Å². The molecule has 0 unspecified atom stereocenters. The molecular weight excluding hydrogens is 280 g/mol. The zero-order valence-corrected chi connectivity index (χ0v) is 13.0. The van der Waals surface area contributed by atoms with Gasteiger partial charge in [-0.25, -0.2) is 4.79 Å². The van der Waals surface area contributed by atoms with E-state index in [1.807, 2.05) is 24.0 Å². The van der Waals surface area contributed by atoms with Crippen molar-refractivity contribution >= 4 is 11.9 Å². The van der Waals surface area contributed by atoms with E-state index in [2.05, 4.69) is 22.5 Å². The number of nitrogens with zero attached hydrogens (tertiary/aromatic N) is 2. The van der Waals surface area contributed by atoms with Gasteiger partial charge >= 0.3 is 6.03 Å². The Bertz CT molecular complexity index is 589. The summed E-state index contributed by atoms with van der Waals surface area (Å²) in [6.07, 6.45) is 3.20. The van der Waals surface area contributed by atoms with E-state index in [0.717, 1.165) is 17.7 Å². The minimum absolute atomic E-state index is 0.0925. The van der Waals surface area contributed by atoms with Crippen LogP contribution in [-0.2, 0) is 11.3 Å². The van der Waals surface area contributed by atoms with Gasteiger partial charge < -0.3 is 15.5 Å². The van der Waals surface area contributed by atoms with Gasteiger partial charge in [-0.3, -0.25) is 9.78 Å². The molecule has 2 fully saturated rings. The molecule has 1 saturated carbocycles. The van der Waals surface area contributed by atoms with Crippen LogP contribution in [0.1, 0.15) is 31.0 Å². The Hall–Kier alpha value is -2.11. The number of likely N-dealkylation sites (tertiary alicyclic amines) is 1. The highest BCUT2D eigenvalue weighted by molar-refractivity contribution is 5.82. The minimum Gasteiger partial charge on any atom is -0.337 e. The number of amides is 3. The van der Waals surface area contributed by atoms with Gasteiger partial charge in [-0.1, -0.05) is 13.0 Å². The summed E-state index contributed by atoms with van der Waals surface area (Å²) in [7, 11) is 0. The first kappa shape index (κ1) is 14.8. The zero-order valence-electron chi connectivity index (χ0n) is 13.0. The molecule has 2 N–H and O–H groups in total. The van der Waals surface area contributed by atoms with Gasteiger partial charge in [0.25, 0.3) is 0 Å². The van der Waals surface area contributed by atoms with Gasteiger partial charge in [0.05, 0.1) is 18.3 Å². The summed E-state index contributed by atoms with van der Waals surface area (Å²) in [5, 5.41) is 5.69. The Morgan fingerprint density at radius 2 is 2.27 bits per heavy atom. The van der Waals surface area contributed by atoms with Gasteiger partial charge in [0, 0.05) is 25.2 Å². The molecule has 0 aromatic carbocycles. The lowest BCUT2D eigenvalue weighted by atomic mass is 10.2. The molecule has 6 nitrogen and oxygen atoms in total. The van der Waals surface area contributed by atoms with Crippen LogP contribution >= 0.6 is 0 Å². The molecule has 3 rings (SSSR count). The minimum atomic E-state index is -0.242. The first-order chi connectivity index (χ1) is 10.5. The fourth-order valence-electron chi connectivity index (χ4n) is 2.99. The van der Waals surface area contributed by atoms with E-state index in [4.69, 9.17) is 0 Å². The van der Waals surface area contributed by atoms with E-state index in [-0.39, 0.29) is 18.0 Å². The van der Waals surface area contributed by atoms with E-state index in [9.17, 15) is 9.59 Å². The predicted molar refractivity (Wildman–Crippen MR) is 82.0 cm³/mol. The summed E-state index contributed by atoms with van der Waals surface area (Å²) in [6.45, 7) is 5.14. The molecule has 1 aliphatic heterocycles. The van der Waals surface area contributed by atoms with Crippen LogP contribution in [0, 0.1) is 12.8 Å². The Morgan fingerprint density at radius 1 is 1.50 bits per heavy atom. The molecule has 0 spiro atoms. The maximum Gasteiger partial charge on any atom is 0.315 e. The van der Waals surface area contributed by atoms with E-state index >= 15 is 0 Å². The normalized spacial score (nSPS) is 26.9. The van der Waals surface area contributed by atoms with Crippen molar-refractivity contribution in [2.75, 3.05) is 6.54 Å². The molecule has 6 heteroatoms. The molecule has 1 saturated heterocycles. The van der Waals surface area contributed by atoms with Crippen LogP contribution in [0.15, 0.2) is 18.3 Å². The second-order valence-corrected chi connectivity index (χ2v) is 6.32. The first-order valence-electron chi connectivity index (χ1n) is 7.79. The third kappa shape index (κ3) is 3.21. The van der Waals surface area contributed by atoms with Crippen LogP contribution in [0.5, 0.6) is 0 Å². The standard InChI is InChI=1S/C16H22N4O2/c1-10-4-3-5-17-13(10)8-18-16(22)19-12-7-15(21)20(9-12)14-6-11(14)2/h3-5,11-12,14H,6-9H2,1-2H3,(H2,18,19,22)/t11-,12-,14+/m1/s1. The van der Waals surface area contributed by atoms with Crippen molar-refractivity contribution < 1.29 is 9.59 Å². The van der Waals surface area contributed by atoms with Gasteiger partial charge in [0.1, 0.15) is 0 Å². The van der Waals surface area contributed by atoms with Crippen molar-refractivity contribution in [1.29, 1.82) is 0 Å². The molecule has 3 atom stereocenters. The number of carbonyl (C=O) groups excluding carboxylic acids is 2. The van der Waals surface area contributed by atoms with Gasteiger partial charge in [-0.05, 0) is 30.9 Å². The number of hydrogen-bond donors (Lipinski definition) is 2. The van der Waals surface area contributed by atoms with E-state index in [0.29, 0.717) is 31.5 Å². The smallest absolute Gasteiger partial charge is 0.315 e. The van der Waals surface area contributed by atoms with Crippen molar-refractivity contribution in [2.45, 2.75) is 45.3 Å². The van der Waals surface area contributed by atoms with E-state index < -0.39 is 0 Å². The Balaban J connectivity index is 1.46. The molecule has 1 aliphatic carbocycles. The van der Waals surface area contributed by atoms with E-state index in [1.165, 1.54) is 0 Å². The van der Waals surface area contributed by atoms with Gasteiger partial charge in [-0.2, -0.15) is 0 Å². The zero-order chi connectivity index (χ0) is 15.7. The Kier molecular flexibility index (Phi) is 4.00. The number of aromatic nitrogens is 1. The van der Waals surface area contributed by atoms with Gasteiger partial charge in [0.2, 0.25) is 5.91 Å². The van der Waals surface area contributed by atoms with Crippen molar-refractivity contribution in [3.05, 3.63) is 29.6 Å². The number of rotatable bonds is 4. The SMILES string of the molecule is Cc1cccnc1CNC(=O)N[C@@H]1CC(=O)N([C@H]2C[C@H]2C)C1.